The summed E-state index contributed by atoms with van der Waals surface area (Å²) in [5.74, 6) is -0.976. The molecule has 0 saturated carbocycles. The van der Waals surface area contributed by atoms with Gasteiger partial charge >= 0.3 is 5.97 Å². The zero-order valence-electron chi connectivity index (χ0n) is 6.82. The van der Waals surface area contributed by atoms with E-state index in [1.54, 1.807) is 0 Å². The summed E-state index contributed by atoms with van der Waals surface area (Å²) in [6.45, 7) is 0. The van der Waals surface area contributed by atoms with Gasteiger partial charge in [0.2, 0.25) is 0 Å². The molecule has 0 aliphatic rings. The van der Waals surface area contributed by atoms with Crippen molar-refractivity contribution >= 4 is 33.2 Å². The van der Waals surface area contributed by atoms with Crippen LogP contribution in [0.1, 0.15) is 10.4 Å². The Balaban J connectivity index is 2.51. The summed E-state index contributed by atoms with van der Waals surface area (Å²) in [7, 11) is 0. The van der Waals surface area contributed by atoms with Crippen LogP contribution in [0.2, 0.25) is 0 Å². The van der Waals surface area contributed by atoms with E-state index in [0.29, 0.717) is 5.69 Å². The molecule has 0 amide bonds. The summed E-state index contributed by atoms with van der Waals surface area (Å²) in [5.41, 5.74) is 1.56. The molecule has 2 aromatic heterocycles. The highest BCUT2D eigenvalue weighted by atomic mass is 79.9. The van der Waals surface area contributed by atoms with E-state index in [-0.39, 0.29) is 5.56 Å². The smallest absolute Gasteiger partial charge is 0.339 e. The quantitative estimate of drug-likeness (QED) is 0.883. The number of carbonyl (C=O) groups is 1. The van der Waals surface area contributed by atoms with E-state index in [1.807, 2.05) is 11.4 Å². The van der Waals surface area contributed by atoms with Gasteiger partial charge in [-0.1, -0.05) is 0 Å². The molecule has 0 unspecified atom stereocenters. The van der Waals surface area contributed by atoms with Gasteiger partial charge in [-0.25, -0.2) is 4.79 Å². The van der Waals surface area contributed by atoms with Gasteiger partial charge in [0.25, 0.3) is 0 Å². The van der Waals surface area contributed by atoms with Crippen LogP contribution >= 0.6 is 27.3 Å². The molecule has 0 spiro atoms. The molecule has 0 fully saturated rings. The zero-order chi connectivity index (χ0) is 10.1. The Morgan fingerprint density at radius 3 is 3.00 bits per heavy atom. The third-order valence-corrected chi connectivity index (χ3v) is 3.23. The first-order valence-corrected chi connectivity index (χ1v) is 5.37. The van der Waals surface area contributed by atoms with Crippen LogP contribution < -0.4 is 0 Å². The highest BCUT2D eigenvalue weighted by molar-refractivity contribution is 9.11. The average molecular weight is 273 g/mol. The molecule has 14 heavy (non-hydrogen) atoms. The molecule has 0 saturated heterocycles. The van der Waals surface area contributed by atoms with Crippen LogP contribution in [0.25, 0.3) is 11.3 Å². The summed E-state index contributed by atoms with van der Waals surface area (Å²) < 4.78 is 0.957. The summed E-state index contributed by atoms with van der Waals surface area (Å²) in [4.78, 5) is 10.8. The van der Waals surface area contributed by atoms with Gasteiger partial charge < -0.3 is 5.11 Å². The molecule has 0 bridgehead atoms. The van der Waals surface area contributed by atoms with Gasteiger partial charge in [0.05, 0.1) is 15.7 Å². The Bertz CT molecular complexity index is 477. The molecule has 0 aliphatic heterocycles. The molecule has 2 rings (SSSR count). The number of carboxylic acid groups (broad SMARTS) is 1. The zero-order valence-corrected chi connectivity index (χ0v) is 9.22. The van der Waals surface area contributed by atoms with E-state index in [4.69, 9.17) is 5.11 Å². The molecule has 0 aromatic carbocycles. The minimum absolute atomic E-state index is 0.190. The van der Waals surface area contributed by atoms with E-state index in [1.165, 1.54) is 17.5 Å². The van der Waals surface area contributed by atoms with E-state index in [0.717, 1.165) is 9.35 Å². The number of hydrogen-bond acceptors (Lipinski definition) is 3. The van der Waals surface area contributed by atoms with E-state index in [2.05, 4.69) is 26.1 Å². The molecule has 0 aliphatic carbocycles. The second-order valence-electron chi connectivity index (χ2n) is 2.60. The SMILES string of the molecule is O=C(O)c1cn[nH]c1-c1csc(Br)c1. The third-order valence-electron chi connectivity index (χ3n) is 1.73. The maximum absolute atomic E-state index is 10.8. The highest BCUT2D eigenvalue weighted by Gasteiger charge is 2.14. The van der Waals surface area contributed by atoms with Crippen molar-refractivity contribution in [3.05, 3.63) is 27.0 Å². The molecule has 72 valence electrons. The van der Waals surface area contributed by atoms with Crippen LogP contribution in [-0.2, 0) is 0 Å². The van der Waals surface area contributed by atoms with Gasteiger partial charge in [0.1, 0.15) is 5.56 Å². The van der Waals surface area contributed by atoms with E-state index < -0.39 is 5.97 Å². The van der Waals surface area contributed by atoms with Crippen LogP contribution in [-0.4, -0.2) is 21.3 Å². The molecule has 6 heteroatoms. The Labute approximate surface area is 91.7 Å². The van der Waals surface area contributed by atoms with Gasteiger partial charge in [0, 0.05) is 10.9 Å². The fourth-order valence-electron chi connectivity index (χ4n) is 1.11. The fourth-order valence-corrected chi connectivity index (χ4v) is 2.26. The summed E-state index contributed by atoms with van der Waals surface area (Å²) in [6, 6.07) is 1.85. The van der Waals surface area contributed by atoms with Gasteiger partial charge in [-0.05, 0) is 22.0 Å². The van der Waals surface area contributed by atoms with Gasteiger partial charge in [-0.2, -0.15) is 5.10 Å². The van der Waals surface area contributed by atoms with Gasteiger partial charge in [-0.3, -0.25) is 5.10 Å². The Kier molecular flexibility index (Phi) is 2.39. The average Bonchev–Trinajstić information content (AvgIpc) is 2.70. The van der Waals surface area contributed by atoms with Crippen molar-refractivity contribution in [2.45, 2.75) is 0 Å². The van der Waals surface area contributed by atoms with E-state index >= 15 is 0 Å². The Morgan fingerprint density at radius 2 is 2.43 bits per heavy atom. The predicted octanol–water partition coefficient (Wildman–Crippen LogP) is 2.60. The molecule has 2 heterocycles. The standard InChI is InChI=1S/C8H5BrN2O2S/c9-6-1-4(3-14-6)7-5(8(12)13)2-10-11-7/h1-3H,(H,10,11)(H,12,13). The fraction of sp³-hybridized carbons (Fsp3) is 0. The largest absolute Gasteiger partial charge is 0.478 e. The van der Waals surface area contributed by atoms with Crippen LogP contribution in [0.5, 0.6) is 0 Å². The molecular formula is C8H5BrN2O2S. The number of nitrogens with one attached hydrogen (secondary N) is 1. The number of carboxylic acids is 1. The summed E-state index contributed by atoms with van der Waals surface area (Å²) in [6.07, 6.45) is 1.31. The minimum atomic E-state index is -0.976. The van der Waals surface area contributed by atoms with Crippen molar-refractivity contribution < 1.29 is 9.90 Å². The first-order valence-electron chi connectivity index (χ1n) is 3.69. The topological polar surface area (TPSA) is 66.0 Å². The van der Waals surface area contributed by atoms with Crippen molar-refractivity contribution in [3.8, 4) is 11.3 Å². The lowest BCUT2D eigenvalue weighted by Crippen LogP contribution is -1.95. The number of H-pyrrole nitrogens is 1. The first-order chi connectivity index (χ1) is 6.68. The second-order valence-corrected chi connectivity index (χ2v) is 4.89. The predicted molar refractivity (Wildman–Crippen MR) is 56.6 cm³/mol. The molecule has 4 nitrogen and oxygen atoms in total. The number of nitrogens with zero attached hydrogens (tertiary/aromatic N) is 1. The minimum Gasteiger partial charge on any atom is -0.478 e. The number of aromatic amines is 1. The number of rotatable bonds is 2. The lowest BCUT2D eigenvalue weighted by atomic mass is 10.1. The van der Waals surface area contributed by atoms with Crippen LogP contribution in [0.4, 0.5) is 0 Å². The highest BCUT2D eigenvalue weighted by Crippen LogP contribution is 2.29. The number of aromatic carboxylic acids is 1. The van der Waals surface area contributed by atoms with Crippen LogP contribution in [0, 0.1) is 0 Å². The maximum Gasteiger partial charge on any atom is 0.339 e. The lowest BCUT2D eigenvalue weighted by Gasteiger charge is -1.93. The van der Waals surface area contributed by atoms with Crippen molar-refractivity contribution in [1.29, 1.82) is 0 Å². The van der Waals surface area contributed by atoms with Crippen LogP contribution in [0.3, 0.4) is 0 Å². The van der Waals surface area contributed by atoms with Crippen molar-refractivity contribution in [2.24, 2.45) is 0 Å². The van der Waals surface area contributed by atoms with Crippen molar-refractivity contribution in [3.63, 3.8) is 0 Å². The van der Waals surface area contributed by atoms with Crippen molar-refractivity contribution in [1.82, 2.24) is 10.2 Å². The van der Waals surface area contributed by atoms with Gasteiger partial charge in [0.15, 0.2) is 0 Å². The number of thiophene rings is 1. The third kappa shape index (κ3) is 1.58. The van der Waals surface area contributed by atoms with Crippen LogP contribution in [0.15, 0.2) is 21.4 Å². The Hall–Kier alpha value is -1.14. The molecule has 2 N–H and O–H groups in total. The Morgan fingerprint density at radius 1 is 1.64 bits per heavy atom. The molecular weight excluding hydrogens is 268 g/mol. The molecule has 2 aromatic rings. The summed E-state index contributed by atoms with van der Waals surface area (Å²) >= 11 is 4.82. The normalized spacial score (nSPS) is 10.4. The number of aromatic nitrogens is 2. The number of halogens is 1. The van der Waals surface area contributed by atoms with Gasteiger partial charge in [-0.15, -0.1) is 11.3 Å². The number of hydrogen-bond donors (Lipinski definition) is 2. The molecule has 0 radical (unpaired) electrons. The second kappa shape index (κ2) is 3.55. The monoisotopic (exact) mass is 272 g/mol. The maximum atomic E-state index is 10.8. The molecule has 0 atom stereocenters. The summed E-state index contributed by atoms with van der Waals surface area (Å²) in [5, 5.41) is 17.1. The first kappa shape index (κ1) is 9.42. The van der Waals surface area contributed by atoms with Crippen molar-refractivity contribution in [2.75, 3.05) is 0 Å². The van der Waals surface area contributed by atoms with E-state index in [9.17, 15) is 4.79 Å². The lowest BCUT2D eigenvalue weighted by molar-refractivity contribution is 0.0698.